The quantitative estimate of drug-likeness (QED) is 0.691. The summed E-state index contributed by atoms with van der Waals surface area (Å²) < 4.78 is 27.1. The molecule has 1 atom stereocenters. The van der Waals surface area contributed by atoms with Crippen LogP contribution in [0.4, 0.5) is 0 Å². The van der Waals surface area contributed by atoms with Crippen molar-refractivity contribution in [3.63, 3.8) is 0 Å². The van der Waals surface area contributed by atoms with Gasteiger partial charge in [-0.1, -0.05) is 49.7 Å². The molecule has 0 spiro atoms. The first-order valence-electron chi connectivity index (χ1n) is 10.3. The molecular weight excluding hydrogens is 384 g/mol. The highest BCUT2D eigenvalue weighted by Gasteiger charge is 2.30. The van der Waals surface area contributed by atoms with Crippen molar-refractivity contribution in [3.05, 3.63) is 65.2 Å². The lowest BCUT2D eigenvalue weighted by molar-refractivity contribution is 0.0736. The van der Waals surface area contributed by atoms with Gasteiger partial charge >= 0.3 is 0 Å². The van der Waals surface area contributed by atoms with E-state index in [4.69, 9.17) is 0 Å². The molecule has 0 saturated carbocycles. The molecule has 2 aromatic rings. The highest BCUT2D eigenvalue weighted by atomic mass is 32.2. The average molecular weight is 415 g/mol. The fourth-order valence-electron chi connectivity index (χ4n) is 3.98. The number of aryl methyl sites for hydroxylation is 1. The fourth-order valence-corrected chi connectivity index (χ4v) is 5.48. The molecule has 6 heteroatoms. The van der Waals surface area contributed by atoms with Gasteiger partial charge in [-0.15, -0.1) is 0 Å². The van der Waals surface area contributed by atoms with Crippen LogP contribution < -0.4 is 0 Å². The van der Waals surface area contributed by atoms with Crippen LogP contribution in [0.2, 0.25) is 0 Å². The highest BCUT2D eigenvalue weighted by Crippen LogP contribution is 2.25. The van der Waals surface area contributed by atoms with Crippen molar-refractivity contribution in [2.45, 2.75) is 51.0 Å². The molecule has 1 amide bonds. The van der Waals surface area contributed by atoms with Gasteiger partial charge in [0.2, 0.25) is 10.0 Å². The zero-order chi connectivity index (χ0) is 21.0. The van der Waals surface area contributed by atoms with E-state index in [-0.39, 0.29) is 16.8 Å². The minimum Gasteiger partial charge on any atom is -0.335 e. The molecule has 0 bridgehead atoms. The summed E-state index contributed by atoms with van der Waals surface area (Å²) in [5.41, 5.74) is 2.88. The molecule has 29 heavy (non-hydrogen) atoms. The second kappa shape index (κ2) is 9.09. The van der Waals surface area contributed by atoms with Gasteiger partial charge in [0.1, 0.15) is 0 Å². The summed E-state index contributed by atoms with van der Waals surface area (Å²) in [5, 5.41) is 0. The molecule has 0 N–H and O–H groups in total. The standard InChI is InChI=1S/C23H30N2O3S/c1-4-24(5-2)29(27,28)22-10-6-8-20(17-22)23(26)25-15-7-9-21(25)16-19-13-11-18(3)12-14-19/h6,8,10-14,17,21H,4-5,7,9,15-16H2,1-3H3. The number of carbonyl (C=O) groups is 1. The minimum absolute atomic E-state index is 0.0868. The molecule has 1 saturated heterocycles. The Morgan fingerprint density at radius 1 is 1.10 bits per heavy atom. The number of benzene rings is 2. The average Bonchev–Trinajstić information content (AvgIpc) is 3.18. The zero-order valence-corrected chi connectivity index (χ0v) is 18.3. The van der Waals surface area contributed by atoms with Crippen molar-refractivity contribution in [1.82, 2.24) is 9.21 Å². The molecule has 1 aliphatic rings. The Labute approximate surface area is 174 Å². The molecular formula is C23H30N2O3S. The van der Waals surface area contributed by atoms with Gasteiger partial charge in [-0.3, -0.25) is 4.79 Å². The SMILES string of the molecule is CCN(CC)S(=O)(=O)c1cccc(C(=O)N2CCCC2Cc2ccc(C)cc2)c1. The van der Waals surface area contributed by atoms with Gasteiger partial charge in [-0.05, 0) is 49.9 Å². The van der Waals surface area contributed by atoms with Crippen LogP contribution in [0, 0.1) is 6.92 Å². The molecule has 1 heterocycles. The molecule has 0 radical (unpaired) electrons. The van der Waals surface area contributed by atoms with Crippen LogP contribution in [0.1, 0.15) is 48.2 Å². The van der Waals surface area contributed by atoms with Crippen LogP contribution in [0.5, 0.6) is 0 Å². The lowest BCUT2D eigenvalue weighted by atomic mass is 10.0. The van der Waals surface area contributed by atoms with Gasteiger partial charge in [-0.2, -0.15) is 4.31 Å². The second-order valence-electron chi connectivity index (χ2n) is 7.60. The molecule has 0 aliphatic carbocycles. The lowest BCUT2D eigenvalue weighted by Gasteiger charge is -2.25. The summed E-state index contributed by atoms with van der Waals surface area (Å²) in [6.45, 7) is 7.21. The van der Waals surface area contributed by atoms with Crippen LogP contribution in [-0.2, 0) is 16.4 Å². The fraction of sp³-hybridized carbons (Fsp3) is 0.435. The molecule has 3 rings (SSSR count). The number of hydrogen-bond acceptors (Lipinski definition) is 3. The maximum absolute atomic E-state index is 13.2. The van der Waals surface area contributed by atoms with Gasteiger partial charge in [-0.25, -0.2) is 8.42 Å². The predicted molar refractivity (Wildman–Crippen MR) is 115 cm³/mol. The van der Waals surface area contributed by atoms with Crippen LogP contribution in [0.25, 0.3) is 0 Å². The summed E-state index contributed by atoms with van der Waals surface area (Å²) in [7, 11) is -3.58. The van der Waals surface area contributed by atoms with Gasteiger partial charge in [0, 0.05) is 31.2 Å². The van der Waals surface area contributed by atoms with Crippen molar-refractivity contribution >= 4 is 15.9 Å². The van der Waals surface area contributed by atoms with Crippen molar-refractivity contribution in [2.24, 2.45) is 0 Å². The Morgan fingerprint density at radius 2 is 1.79 bits per heavy atom. The molecule has 5 nitrogen and oxygen atoms in total. The smallest absolute Gasteiger partial charge is 0.254 e. The first-order chi connectivity index (χ1) is 13.9. The first-order valence-corrected chi connectivity index (χ1v) is 11.8. The van der Waals surface area contributed by atoms with E-state index in [2.05, 4.69) is 31.2 Å². The van der Waals surface area contributed by atoms with Crippen LogP contribution >= 0.6 is 0 Å². The van der Waals surface area contributed by atoms with E-state index in [1.807, 2.05) is 18.7 Å². The Hall–Kier alpha value is -2.18. The lowest BCUT2D eigenvalue weighted by Crippen LogP contribution is -2.37. The number of likely N-dealkylation sites (tertiary alicyclic amines) is 1. The van der Waals surface area contributed by atoms with Gasteiger partial charge < -0.3 is 4.90 Å². The predicted octanol–water partition coefficient (Wildman–Crippen LogP) is 3.87. The Balaban J connectivity index is 1.81. The molecule has 0 aromatic heterocycles. The van der Waals surface area contributed by atoms with Crippen molar-refractivity contribution in [2.75, 3.05) is 19.6 Å². The van der Waals surface area contributed by atoms with E-state index in [1.54, 1.807) is 18.2 Å². The van der Waals surface area contributed by atoms with Crippen LogP contribution in [0.3, 0.4) is 0 Å². The molecule has 1 aliphatic heterocycles. The summed E-state index contributed by atoms with van der Waals surface area (Å²) in [6, 6.07) is 15.0. The molecule has 1 unspecified atom stereocenters. The number of carbonyl (C=O) groups excluding carboxylic acids is 1. The van der Waals surface area contributed by atoms with Crippen LogP contribution in [0.15, 0.2) is 53.4 Å². The van der Waals surface area contributed by atoms with Crippen molar-refractivity contribution in [1.29, 1.82) is 0 Å². The van der Waals surface area contributed by atoms with E-state index < -0.39 is 10.0 Å². The van der Waals surface area contributed by atoms with E-state index in [9.17, 15) is 13.2 Å². The van der Waals surface area contributed by atoms with Crippen LogP contribution in [-0.4, -0.2) is 49.2 Å². The maximum atomic E-state index is 13.2. The molecule has 2 aromatic carbocycles. The van der Waals surface area contributed by atoms with Gasteiger partial charge in [0.25, 0.3) is 5.91 Å². The first kappa shape index (κ1) is 21.5. The zero-order valence-electron chi connectivity index (χ0n) is 17.5. The molecule has 156 valence electrons. The largest absolute Gasteiger partial charge is 0.335 e. The topological polar surface area (TPSA) is 57.7 Å². The number of sulfonamides is 1. The summed E-state index contributed by atoms with van der Waals surface area (Å²) in [5.74, 6) is -0.0868. The minimum atomic E-state index is -3.58. The van der Waals surface area contributed by atoms with E-state index in [1.165, 1.54) is 21.5 Å². The summed E-state index contributed by atoms with van der Waals surface area (Å²) >= 11 is 0. The maximum Gasteiger partial charge on any atom is 0.254 e. The normalized spacial score (nSPS) is 17.1. The van der Waals surface area contributed by atoms with Gasteiger partial charge in [0.05, 0.1) is 4.90 Å². The van der Waals surface area contributed by atoms with Crippen molar-refractivity contribution in [3.8, 4) is 0 Å². The number of hydrogen-bond donors (Lipinski definition) is 0. The van der Waals surface area contributed by atoms with E-state index in [0.717, 1.165) is 19.3 Å². The third-order valence-corrected chi connectivity index (χ3v) is 7.70. The number of nitrogens with zero attached hydrogens (tertiary/aromatic N) is 2. The number of amides is 1. The Bertz CT molecular complexity index is 950. The Kier molecular flexibility index (Phi) is 6.75. The Morgan fingerprint density at radius 3 is 2.45 bits per heavy atom. The van der Waals surface area contributed by atoms with E-state index in [0.29, 0.717) is 25.2 Å². The number of rotatable bonds is 7. The summed E-state index contributed by atoms with van der Waals surface area (Å²) in [4.78, 5) is 15.3. The molecule has 1 fully saturated rings. The highest BCUT2D eigenvalue weighted by molar-refractivity contribution is 7.89. The van der Waals surface area contributed by atoms with Gasteiger partial charge in [0.15, 0.2) is 0 Å². The third-order valence-electron chi connectivity index (χ3n) is 5.65. The monoisotopic (exact) mass is 414 g/mol. The summed E-state index contributed by atoms with van der Waals surface area (Å²) in [6.07, 6.45) is 2.76. The van der Waals surface area contributed by atoms with Crippen molar-refractivity contribution < 1.29 is 13.2 Å². The third kappa shape index (κ3) is 4.70. The van der Waals surface area contributed by atoms with E-state index >= 15 is 0 Å². The second-order valence-corrected chi connectivity index (χ2v) is 9.54.